The zero-order valence-electron chi connectivity index (χ0n) is 18.7. The fourth-order valence-corrected chi connectivity index (χ4v) is 4.06. The average molecular weight is 565 g/mol. The average Bonchev–Trinajstić information content (AvgIpc) is 2.76. The molecule has 0 aliphatic rings. The van der Waals surface area contributed by atoms with E-state index in [1.807, 2.05) is 45.0 Å². The highest BCUT2D eigenvalue weighted by Crippen LogP contribution is 2.37. The Labute approximate surface area is 204 Å². The first-order valence-electron chi connectivity index (χ1n) is 10.8. The van der Waals surface area contributed by atoms with Crippen LogP contribution in [0.2, 0.25) is 0 Å². The predicted molar refractivity (Wildman–Crippen MR) is 136 cm³/mol. The van der Waals surface area contributed by atoms with Crippen LogP contribution < -0.4 is 15.0 Å². The Hall–Kier alpha value is -2.19. The first-order valence-corrected chi connectivity index (χ1v) is 12.3. The normalized spacial score (nSPS) is 12.4. The molecule has 1 atom stereocenters. The van der Waals surface area contributed by atoms with E-state index in [1.165, 1.54) is 4.68 Å². The van der Waals surface area contributed by atoms with Gasteiger partial charge in [0.25, 0.3) is 5.56 Å². The number of rotatable bonds is 9. The SMILES string of the molecule is CCCc1nc2ccc(Br)cc2c(=O)n1N=Cc1cc(Br)c(O[C@H](C)CC)c(OCC)c1. The molecule has 0 N–H and O–H groups in total. The molecule has 1 heterocycles. The molecule has 0 unspecified atom stereocenters. The summed E-state index contributed by atoms with van der Waals surface area (Å²) in [6.07, 6.45) is 4.09. The van der Waals surface area contributed by atoms with Crippen LogP contribution in [0.4, 0.5) is 0 Å². The number of aromatic nitrogens is 2. The highest BCUT2D eigenvalue weighted by molar-refractivity contribution is 9.10. The lowest BCUT2D eigenvalue weighted by Gasteiger charge is -2.18. The Morgan fingerprint density at radius 1 is 1.19 bits per heavy atom. The van der Waals surface area contributed by atoms with Gasteiger partial charge in [-0.2, -0.15) is 9.78 Å². The van der Waals surface area contributed by atoms with E-state index in [0.717, 1.165) is 27.4 Å². The number of nitrogens with zero attached hydrogens (tertiary/aromatic N) is 3. The summed E-state index contributed by atoms with van der Waals surface area (Å²) in [7, 11) is 0. The van der Waals surface area contributed by atoms with Crippen molar-refractivity contribution in [3.05, 3.63) is 61.0 Å². The number of hydrogen-bond donors (Lipinski definition) is 0. The van der Waals surface area contributed by atoms with Crippen molar-refractivity contribution in [1.82, 2.24) is 9.66 Å². The molecule has 2 aromatic carbocycles. The van der Waals surface area contributed by atoms with Gasteiger partial charge in [-0.1, -0.05) is 29.8 Å². The van der Waals surface area contributed by atoms with E-state index in [-0.39, 0.29) is 11.7 Å². The lowest BCUT2D eigenvalue weighted by Crippen LogP contribution is -2.22. The maximum atomic E-state index is 13.2. The second kappa shape index (κ2) is 11.1. The zero-order chi connectivity index (χ0) is 23.3. The van der Waals surface area contributed by atoms with Crippen molar-refractivity contribution in [2.75, 3.05) is 6.61 Å². The molecule has 0 fully saturated rings. The number of aryl methyl sites for hydroxylation is 1. The van der Waals surface area contributed by atoms with Gasteiger partial charge in [0.05, 0.1) is 34.3 Å². The van der Waals surface area contributed by atoms with Crippen LogP contribution in [0.1, 0.15) is 51.9 Å². The third kappa shape index (κ3) is 5.59. The molecule has 8 heteroatoms. The maximum Gasteiger partial charge on any atom is 0.282 e. The summed E-state index contributed by atoms with van der Waals surface area (Å²) in [5, 5.41) is 5.03. The van der Waals surface area contributed by atoms with Crippen LogP contribution in [0.5, 0.6) is 11.5 Å². The number of hydrogen-bond acceptors (Lipinski definition) is 5. The van der Waals surface area contributed by atoms with Gasteiger partial charge in [-0.15, -0.1) is 0 Å². The summed E-state index contributed by atoms with van der Waals surface area (Å²) in [6.45, 7) is 8.57. The Balaban J connectivity index is 2.07. The standard InChI is InChI=1S/C24H27Br2N3O3/c1-5-8-22-28-20-10-9-17(25)13-18(20)24(30)29(22)27-14-16-11-19(26)23(32-15(4)6-2)21(12-16)31-7-3/h9-15H,5-8H2,1-4H3/t15-/m1/s1. The van der Waals surface area contributed by atoms with Crippen molar-refractivity contribution in [1.29, 1.82) is 0 Å². The monoisotopic (exact) mass is 563 g/mol. The molecular weight excluding hydrogens is 538 g/mol. The minimum Gasteiger partial charge on any atom is -0.490 e. The van der Waals surface area contributed by atoms with Crippen molar-refractivity contribution >= 4 is 49.0 Å². The van der Waals surface area contributed by atoms with Crippen LogP contribution in [-0.2, 0) is 6.42 Å². The fraction of sp³-hybridized carbons (Fsp3) is 0.375. The Morgan fingerprint density at radius 3 is 2.66 bits per heavy atom. The largest absolute Gasteiger partial charge is 0.490 e. The summed E-state index contributed by atoms with van der Waals surface area (Å²) >= 11 is 7.02. The van der Waals surface area contributed by atoms with Crippen LogP contribution >= 0.6 is 31.9 Å². The lowest BCUT2D eigenvalue weighted by atomic mass is 10.2. The van der Waals surface area contributed by atoms with Gasteiger partial charge in [0.1, 0.15) is 5.82 Å². The van der Waals surface area contributed by atoms with Gasteiger partial charge in [0, 0.05) is 10.9 Å². The Kier molecular flexibility index (Phi) is 8.48. The van der Waals surface area contributed by atoms with E-state index in [2.05, 4.69) is 48.9 Å². The van der Waals surface area contributed by atoms with Crippen molar-refractivity contribution in [3.63, 3.8) is 0 Å². The van der Waals surface area contributed by atoms with Crippen LogP contribution in [0, 0.1) is 0 Å². The highest BCUT2D eigenvalue weighted by atomic mass is 79.9. The van der Waals surface area contributed by atoms with Gasteiger partial charge in [0.2, 0.25) is 0 Å². The predicted octanol–water partition coefficient (Wildman–Crippen LogP) is 6.33. The van der Waals surface area contributed by atoms with E-state index in [1.54, 1.807) is 12.3 Å². The Bertz CT molecular complexity index is 1190. The quantitative estimate of drug-likeness (QED) is 0.285. The summed E-state index contributed by atoms with van der Waals surface area (Å²) in [5.41, 5.74) is 1.25. The highest BCUT2D eigenvalue weighted by Gasteiger charge is 2.15. The number of halogens is 2. The molecule has 0 bridgehead atoms. The van der Waals surface area contributed by atoms with Crippen LogP contribution in [0.15, 0.2) is 49.2 Å². The molecular formula is C24H27Br2N3O3. The summed E-state index contributed by atoms with van der Waals surface area (Å²) < 4.78 is 14.8. The lowest BCUT2D eigenvalue weighted by molar-refractivity contribution is 0.202. The number of benzene rings is 2. The first kappa shape index (κ1) is 24.5. The van der Waals surface area contributed by atoms with E-state index >= 15 is 0 Å². The van der Waals surface area contributed by atoms with Crippen LogP contribution in [0.3, 0.4) is 0 Å². The molecule has 0 aliphatic carbocycles. The molecule has 0 spiro atoms. The summed E-state index contributed by atoms with van der Waals surface area (Å²) in [5.74, 6) is 1.93. The maximum absolute atomic E-state index is 13.2. The molecule has 0 saturated heterocycles. The number of fused-ring (bicyclic) bond motifs is 1. The van der Waals surface area contributed by atoms with E-state index in [0.29, 0.717) is 41.3 Å². The molecule has 0 aliphatic heterocycles. The topological polar surface area (TPSA) is 65.7 Å². The summed E-state index contributed by atoms with van der Waals surface area (Å²) in [6, 6.07) is 9.27. The minimum absolute atomic E-state index is 0.0585. The van der Waals surface area contributed by atoms with Crippen molar-refractivity contribution < 1.29 is 9.47 Å². The third-order valence-electron chi connectivity index (χ3n) is 4.90. The second-order valence-corrected chi connectivity index (χ2v) is 9.17. The molecule has 170 valence electrons. The summed E-state index contributed by atoms with van der Waals surface area (Å²) in [4.78, 5) is 17.9. The van der Waals surface area contributed by atoms with Crippen LogP contribution in [0.25, 0.3) is 10.9 Å². The van der Waals surface area contributed by atoms with Crippen molar-refractivity contribution in [3.8, 4) is 11.5 Å². The first-order chi connectivity index (χ1) is 15.4. The van der Waals surface area contributed by atoms with Crippen molar-refractivity contribution in [2.45, 2.75) is 53.1 Å². The molecule has 0 amide bonds. The van der Waals surface area contributed by atoms with E-state index in [4.69, 9.17) is 9.47 Å². The fourth-order valence-electron chi connectivity index (χ4n) is 3.15. The third-order valence-corrected chi connectivity index (χ3v) is 5.98. The van der Waals surface area contributed by atoms with Gasteiger partial charge >= 0.3 is 0 Å². The van der Waals surface area contributed by atoms with Gasteiger partial charge < -0.3 is 9.47 Å². The minimum atomic E-state index is -0.197. The molecule has 0 radical (unpaired) electrons. The van der Waals surface area contributed by atoms with E-state index in [9.17, 15) is 4.79 Å². The van der Waals surface area contributed by atoms with Crippen LogP contribution in [-0.4, -0.2) is 28.6 Å². The molecule has 3 rings (SSSR count). The Morgan fingerprint density at radius 2 is 1.97 bits per heavy atom. The smallest absolute Gasteiger partial charge is 0.282 e. The second-order valence-electron chi connectivity index (χ2n) is 7.40. The molecule has 0 saturated carbocycles. The van der Waals surface area contributed by atoms with Gasteiger partial charge in [-0.3, -0.25) is 4.79 Å². The van der Waals surface area contributed by atoms with Crippen molar-refractivity contribution in [2.24, 2.45) is 5.10 Å². The number of ether oxygens (including phenoxy) is 2. The zero-order valence-corrected chi connectivity index (χ0v) is 21.9. The molecule has 3 aromatic rings. The van der Waals surface area contributed by atoms with Gasteiger partial charge in [-0.25, -0.2) is 4.98 Å². The molecule has 32 heavy (non-hydrogen) atoms. The van der Waals surface area contributed by atoms with E-state index < -0.39 is 0 Å². The molecule has 6 nitrogen and oxygen atoms in total. The molecule has 1 aromatic heterocycles. The van der Waals surface area contributed by atoms with Gasteiger partial charge in [0.15, 0.2) is 11.5 Å². The van der Waals surface area contributed by atoms with Gasteiger partial charge in [-0.05, 0) is 78.5 Å².